The Kier molecular flexibility index (Phi) is 3.47. The van der Waals surface area contributed by atoms with E-state index in [1.165, 1.54) is 24.0 Å². The van der Waals surface area contributed by atoms with Gasteiger partial charge in [0.05, 0.1) is 5.69 Å². The molecule has 20 heavy (non-hydrogen) atoms. The smallest absolute Gasteiger partial charge is 0.119 e. The van der Waals surface area contributed by atoms with Crippen LogP contribution in [0.5, 0.6) is 5.75 Å². The quantitative estimate of drug-likeness (QED) is 0.871. The minimum Gasteiger partial charge on any atom is -0.508 e. The minimum atomic E-state index is 0.334. The molecule has 1 aliphatic rings. The fourth-order valence-electron chi connectivity index (χ4n) is 2.96. The Labute approximate surface area is 120 Å². The molecule has 0 amide bonds. The van der Waals surface area contributed by atoms with Crippen molar-refractivity contribution in [2.75, 3.05) is 0 Å². The van der Waals surface area contributed by atoms with Crippen LogP contribution in [-0.4, -0.2) is 10.1 Å². The molecule has 0 aliphatic heterocycles. The molecule has 1 heterocycles. The van der Waals surface area contributed by atoms with Gasteiger partial charge in [0.2, 0.25) is 0 Å². The van der Waals surface area contributed by atoms with Crippen molar-refractivity contribution >= 4 is 0 Å². The molecular formula is C18H21NO. The third-order valence-electron chi connectivity index (χ3n) is 4.17. The summed E-state index contributed by atoms with van der Waals surface area (Å²) in [6.45, 7) is 4.18. The van der Waals surface area contributed by atoms with Gasteiger partial charge in [0.1, 0.15) is 5.75 Å². The van der Waals surface area contributed by atoms with Crippen molar-refractivity contribution < 1.29 is 5.11 Å². The van der Waals surface area contributed by atoms with Crippen molar-refractivity contribution in [1.82, 2.24) is 4.98 Å². The van der Waals surface area contributed by atoms with Crippen LogP contribution in [0.1, 0.15) is 49.3 Å². The molecule has 2 nitrogen and oxygen atoms in total. The van der Waals surface area contributed by atoms with Crippen molar-refractivity contribution in [3.05, 3.63) is 47.2 Å². The van der Waals surface area contributed by atoms with E-state index in [0.29, 0.717) is 11.7 Å². The SMILES string of the molecule is CC(C)c1ccc(-c2cc3c(cn2)CCCC3)cc1O. The van der Waals surface area contributed by atoms with Crippen LogP contribution in [0.4, 0.5) is 0 Å². The van der Waals surface area contributed by atoms with Gasteiger partial charge in [-0.3, -0.25) is 4.98 Å². The van der Waals surface area contributed by atoms with Crippen molar-refractivity contribution in [3.8, 4) is 17.0 Å². The van der Waals surface area contributed by atoms with Crippen molar-refractivity contribution in [1.29, 1.82) is 0 Å². The molecule has 104 valence electrons. The minimum absolute atomic E-state index is 0.334. The first-order valence-electron chi connectivity index (χ1n) is 7.46. The fourth-order valence-corrected chi connectivity index (χ4v) is 2.96. The van der Waals surface area contributed by atoms with Crippen molar-refractivity contribution in [3.63, 3.8) is 0 Å². The highest BCUT2D eigenvalue weighted by molar-refractivity contribution is 5.63. The Morgan fingerprint density at radius 3 is 2.50 bits per heavy atom. The van der Waals surface area contributed by atoms with E-state index >= 15 is 0 Å². The maximum absolute atomic E-state index is 10.1. The van der Waals surface area contributed by atoms with Gasteiger partial charge in [0.25, 0.3) is 0 Å². The number of aromatic hydroxyl groups is 1. The van der Waals surface area contributed by atoms with Crippen LogP contribution in [0.25, 0.3) is 11.3 Å². The van der Waals surface area contributed by atoms with Gasteiger partial charge in [-0.25, -0.2) is 0 Å². The summed E-state index contributed by atoms with van der Waals surface area (Å²) in [7, 11) is 0. The third kappa shape index (κ3) is 2.43. The molecule has 2 heteroatoms. The number of nitrogens with zero attached hydrogens (tertiary/aromatic N) is 1. The number of phenols is 1. The Bertz CT molecular complexity index is 631. The molecular weight excluding hydrogens is 246 g/mol. The zero-order valence-corrected chi connectivity index (χ0v) is 12.2. The summed E-state index contributed by atoms with van der Waals surface area (Å²) < 4.78 is 0. The van der Waals surface area contributed by atoms with E-state index in [-0.39, 0.29) is 0 Å². The number of rotatable bonds is 2. The molecule has 0 radical (unpaired) electrons. The molecule has 1 aromatic carbocycles. The first kappa shape index (κ1) is 13.2. The molecule has 0 saturated heterocycles. The molecule has 0 saturated carbocycles. The normalized spacial score (nSPS) is 14.3. The largest absolute Gasteiger partial charge is 0.508 e. The number of phenolic OH excluding ortho intramolecular Hbond substituents is 1. The zero-order valence-electron chi connectivity index (χ0n) is 12.2. The van der Waals surface area contributed by atoms with E-state index in [2.05, 4.69) is 31.0 Å². The van der Waals surface area contributed by atoms with E-state index in [0.717, 1.165) is 29.7 Å². The van der Waals surface area contributed by atoms with Crippen LogP contribution >= 0.6 is 0 Å². The lowest BCUT2D eigenvalue weighted by molar-refractivity contribution is 0.465. The highest BCUT2D eigenvalue weighted by Crippen LogP contribution is 2.31. The Hall–Kier alpha value is -1.83. The third-order valence-corrected chi connectivity index (χ3v) is 4.17. The van der Waals surface area contributed by atoms with E-state index in [1.807, 2.05) is 18.3 Å². The second kappa shape index (κ2) is 5.28. The maximum atomic E-state index is 10.1. The van der Waals surface area contributed by atoms with Crippen LogP contribution in [0.3, 0.4) is 0 Å². The lowest BCUT2D eigenvalue weighted by atomic mass is 9.92. The Balaban J connectivity index is 1.99. The first-order valence-corrected chi connectivity index (χ1v) is 7.46. The highest BCUT2D eigenvalue weighted by Gasteiger charge is 2.12. The van der Waals surface area contributed by atoms with Gasteiger partial charge >= 0.3 is 0 Å². The van der Waals surface area contributed by atoms with Gasteiger partial charge in [0, 0.05) is 11.8 Å². The zero-order chi connectivity index (χ0) is 14.1. The molecule has 0 spiro atoms. The highest BCUT2D eigenvalue weighted by atomic mass is 16.3. The summed E-state index contributed by atoms with van der Waals surface area (Å²) >= 11 is 0. The predicted molar refractivity (Wildman–Crippen MR) is 82.1 cm³/mol. The molecule has 2 aromatic rings. The van der Waals surface area contributed by atoms with Gasteiger partial charge in [-0.15, -0.1) is 0 Å². The molecule has 1 N–H and O–H groups in total. The van der Waals surface area contributed by atoms with Crippen molar-refractivity contribution in [2.45, 2.75) is 45.4 Å². The molecule has 3 rings (SSSR count). The number of aryl methyl sites for hydroxylation is 2. The average Bonchev–Trinajstić information content (AvgIpc) is 2.46. The fraction of sp³-hybridized carbons (Fsp3) is 0.389. The van der Waals surface area contributed by atoms with Gasteiger partial charge in [-0.05, 0) is 60.4 Å². The molecule has 0 bridgehead atoms. The molecule has 0 fully saturated rings. The van der Waals surface area contributed by atoms with Crippen LogP contribution in [0.2, 0.25) is 0 Å². The van der Waals surface area contributed by atoms with E-state index in [9.17, 15) is 5.11 Å². The van der Waals surface area contributed by atoms with E-state index in [4.69, 9.17) is 0 Å². The number of fused-ring (bicyclic) bond motifs is 1. The molecule has 0 unspecified atom stereocenters. The predicted octanol–water partition coefficient (Wildman–Crippen LogP) is 4.46. The van der Waals surface area contributed by atoms with Crippen LogP contribution in [0.15, 0.2) is 30.5 Å². The van der Waals surface area contributed by atoms with E-state index in [1.54, 1.807) is 0 Å². The second-order valence-corrected chi connectivity index (χ2v) is 5.97. The number of aromatic nitrogens is 1. The number of pyridine rings is 1. The second-order valence-electron chi connectivity index (χ2n) is 5.97. The summed E-state index contributed by atoms with van der Waals surface area (Å²) in [5, 5.41) is 10.1. The van der Waals surface area contributed by atoms with Crippen LogP contribution in [0, 0.1) is 0 Å². The summed E-state index contributed by atoms with van der Waals surface area (Å²) in [5.41, 5.74) is 5.78. The van der Waals surface area contributed by atoms with Gasteiger partial charge in [-0.2, -0.15) is 0 Å². The monoisotopic (exact) mass is 267 g/mol. The molecule has 1 aliphatic carbocycles. The van der Waals surface area contributed by atoms with Crippen LogP contribution in [-0.2, 0) is 12.8 Å². The van der Waals surface area contributed by atoms with Gasteiger partial charge in [0.15, 0.2) is 0 Å². The standard InChI is InChI=1S/C18H21NO/c1-12(2)16-8-7-14(10-18(16)20)17-9-13-5-3-4-6-15(13)11-19-17/h7-12,20H,3-6H2,1-2H3. The Morgan fingerprint density at radius 2 is 1.80 bits per heavy atom. The van der Waals surface area contributed by atoms with E-state index < -0.39 is 0 Å². The summed E-state index contributed by atoms with van der Waals surface area (Å²) in [5.74, 6) is 0.706. The summed E-state index contributed by atoms with van der Waals surface area (Å²) in [6.07, 6.45) is 6.87. The lowest BCUT2D eigenvalue weighted by Crippen LogP contribution is -2.03. The summed E-state index contributed by atoms with van der Waals surface area (Å²) in [6, 6.07) is 8.11. The summed E-state index contributed by atoms with van der Waals surface area (Å²) in [4.78, 5) is 4.57. The topological polar surface area (TPSA) is 33.1 Å². The van der Waals surface area contributed by atoms with Crippen LogP contribution < -0.4 is 0 Å². The number of benzene rings is 1. The van der Waals surface area contributed by atoms with Gasteiger partial charge in [-0.1, -0.05) is 26.0 Å². The lowest BCUT2D eigenvalue weighted by Gasteiger charge is -2.16. The Morgan fingerprint density at radius 1 is 1.05 bits per heavy atom. The molecule has 1 aromatic heterocycles. The first-order chi connectivity index (χ1) is 9.65. The number of hydrogen-bond donors (Lipinski definition) is 1. The van der Waals surface area contributed by atoms with Gasteiger partial charge < -0.3 is 5.11 Å². The average molecular weight is 267 g/mol. The van der Waals surface area contributed by atoms with Crippen molar-refractivity contribution in [2.24, 2.45) is 0 Å². The number of hydrogen-bond acceptors (Lipinski definition) is 2. The maximum Gasteiger partial charge on any atom is 0.119 e. The molecule has 0 atom stereocenters.